The summed E-state index contributed by atoms with van der Waals surface area (Å²) in [5, 5.41) is 4.16. The second-order valence-corrected chi connectivity index (χ2v) is 4.56. The zero-order valence-electron chi connectivity index (χ0n) is 9.41. The molecule has 1 N–H and O–H groups in total. The Bertz CT molecular complexity index is 393. The van der Waals surface area contributed by atoms with Crippen LogP contribution in [0.4, 0.5) is 0 Å². The van der Waals surface area contributed by atoms with Crippen molar-refractivity contribution in [3.63, 3.8) is 0 Å². The van der Waals surface area contributed by atoms with Crippen LogP contribution in [0.2, 0.25) is 0 Å². The molecule has 0 saturated carbocycles. The summed E-state index contributed by atoms with van der Waals surface area (Å²) in [4.78, 5) is 15.4. The number of nitrogens with zero attached hydrogens (tertiary/aromatic N) is 2. The zero-order valence-corrected chi connectivity index (χ0v) is 9.41. The van der Waals surface area contributed by atoms with E-state index in [1.165, 1.54) is 19.3 Å². The van der Waals surface area contributed by atoms with E-state index in [0.717, 1.165) is 37.3 Å². The minimum absolute atomic E-state index is 0.171. The molecule has 1 aromatic heterocycles. The number of rotatable bonds is 1. The normalized spacial score (nSPS) is 22.2. The van der Waals surface area contributed by atoms with Gasteiger partial charge in [-0.3, -0.25) is 9.80 Å². The summed E-state index contributed by atoms with van der Waals surface area (Å²) in [5.41, 5.74) is 1.95. The van der Waals surface area contributed by atoms with Crippen molar-refractivity contribution in [2.24, 2.45) is 0 Å². The van der Waals surface area contributed by atoms with Crippen LogP contribution in [-0.4, -0.2) is 40.5 Å². The molecule has 1 saturated heterocycles. The van der Waals surface area contributed by atoms with Crippen LogP contribution in [0.3, 0.4) is 0 Å². The molecule has 4 heteroatoms. The molecule has 1 fully saturated rings. The maximum atomic E-state index is 12.2. The SMILES string of the molecule is O=C1c2cc[nH]c2CCN1N1CCCCC1. The van der Waals surface area contributed by atoms with E-state index >= 15 is 0 Å². The predicted molar refractivity (Wildman–Crippen MR) is 61.0 cm³/mol. The van der Waals surface area contributed by atoms with Crippen molar-refractivity contribution in [1.29, 1.82) is 0 Å². The Labute approximate surface area is 95.2 Å². The number of amides is 1. The molecule has 0 bridgehead atoms. The number of piperidine rings is 1. The van der Waals surface area contributed by atoms with Gasteiger partial charge in [0.2, 0.25) is 0 Å². The molecule has 86 valence electrons. The first-order valence-corrected chi connectivity index (χ1v) is 6.09. The summed E-state index contributed by atoms with van der Waals surface area (Å²) in [6.07, 6.45) is 6.54. The number of hydrogen-bond donors (Lipinski definition) is 1. The maximum absolute atomic E-state index is 12.2. The van der Waals surface area contributed by atoms with E-state index in [0.29, 0.717) is 0 Å². The van der Waals surface area contributed by atoms with Gasteiger partial charge in [-0.15, -0.1) is 0 Å². The van der Waals surface area contributed by atoms with Crippen molar-refractivity contribution in [2.45, 2.75) is 25.7 Å². The van der Waals surface area contributed by atoms with E-state index in [-0.39, 0.29) is 5.91 Å². The van der Waals surface area contributed by atoms with Gasteiger partial charge in [0.15, 0.2) is 0 Å². The molecule has 0 radical (unpaired) electrons. The number of carbonyl (C=O) groups excluding carboxylic acids is 1. The molecule has 0 atom stereocenters. The van der Waals surface area contributed by atoms with Crippen molar-refractivity contribution in [3.8, 4) is 0 Å². The van der Waals surface area contributed by atoms with E-state index in [4.69, 9.17) is 0 Å². The highest BCUT2D eigenvalue weighted by molar-refractivity contribution is 5.96. The van der Waals surface area contributed by atoms with Crippen molar-refractivity contribution in [1.82, 2.24) is 15.0 Å². The van der Waals surface area contributed by atoms with Crippen LogP contribution in [0, 0.1) is 0 Å². The Morgan fingerprint density at radius 1 is 1.12 bits per heavy atom. The van der Waals surface area contributed by atoms with Gasteiger partial charge in [-0.05, 0) is 18.9 Å². The molecule has 2 aliphatic rings. The second-order valence-electron chi connectivity index (χ2n) is 4.56. The van der Waals surface area contributed by atoms with Crippen molar-refractivity contribution in [2.75, 3.05) is 19.6 Å². The fourth-order valence-corrected chi connectivity index (χ4v) is 2.66. The number of nitrogens with one attached hydrogen (secondary N) is 1. The summed E-state index contributed by atoms with van der Waals surface area (Å²) in [5.74, 6) is 0.171. The third-order valence-corrected chi connectivity index (χ3v) is 3.55. The lowest BCUT2D eigenvalue weighted by atomic mass is 10.1. The first kappa shape index (κ1) is 9.90. The van der Waals surface area contributed by atoms with E-state index in [2.05, 4.69) is 9.99 Å². The van der Waals surface area contributed by atoms with Crippen molar-refractivity contribution < 1.29 is 4.79 Å². The molecule has 2 aliphatic heterocycles. The molecule has 16 heavy (non-hydrogen) atoms. The van der Waals surface area contributed by atoms with Gasteiger partial charge >= 0.3 is 0 Å². The summed E-state index contributed by atoms with van der Waals surface area (Å²) in [6, 6.07) is 1.90. The smallest absolute Gasteiger partial charge is 0.269 e. The van der Waals surface area contributed by atoms with E-state index in [9.17, 15) is 4.79 Å². The maximum Gasteiger partial charge on any atom is 0.269 e. The topological polar surface area (TPSA) is 39.3 Å². The number of aromatic amines is 1. The third kappa shape index (κ3) is 1.53. The Kier molecular flexibility index (Phi) is 2.44. The molecule has 0 aromatic carbocycles. The quantitative estimate of drug-likeness (QED) is 0.775. The van der Waals surface area contributed by atoms with Crippen LogP contribution < -0.4 is 0 Å². The van der Waals surface area contributed by atoms with Gasteiger partial charge in [-0.25, -0.2) is 5.01 Å². The number of H-pyrrole nitrogens is 1. The molecule has 1 amide bonds. The molecule has 4 nitrogen and oxygen atoms in total. The highest BCUT2D eigenvalue weighted by Crippen LogP contribution is 2.21. The fourth-order valence-electron chi connectivity index (χ4n) is 2.66. The lowest BCUT2D eigenvalue weighted by molar-refractivity contribution is -0.0236. The average Bonchev–Trinajstić information content (AvgIpc) is 2.80. The van der Waals surface area contributed by atoms with Gasteiger partial charge in [0.1, 0.15) is 0 Å². The minimum Gasteiger partial charge on any atom is -0.364 e. The standard InChI is InChI=1S/C12H17N3O/c16-12-10-4-6-13-11(10)5-9-15(12)14-7-2-1-3-8-14/h4,6,13H,1-3,5,7-9H2. The Balaban J connectivity index is 1.81. The van der Waals surface area contributed by atoms with Crippen molar-refractivity contribution in [3.05, 3.63) is 23.5 Å². The van der Waals surface area contributed by atoms with Gasteiger partial charge in [0.05, 0.1) is 5.56 Å². The first-order chi connectivity index (χ1) is 7.86. The van der Waals surface area contributed by atoms with Crippen LogP contribution in [0.5, 0.6) is 0 Å². The lowest BCUT2D eigenvalue weighted by Crippen LogP contribution is -2.51. The van der Waals surface area contributed by atoms with Crippen LogP contribution in [0.1, 0.15) is 35.3 Å². The monoisotopic (exact) mass is 219 g/mol. The Hall–Kier alpha value is -1.29. The van der Waals surface area contributed by atoms with Gasteiger partial charge in [0, 0.05) is 37.9 Å². The summed E-state index contributed by atoms with van der Waals surface area (Å²) in [7, 11) is 0. The minimum atomic E-state index is 0.171. The first-order valence-electron chi connectivity index (χ1n) is 6.09. The molecule has 0 aliphatic carbocycles. The lowest BCUT2D eigenvalue weighted by Gasteiger charge is -2.39. The summed E-state index contributed by atoms with van der Waals surface area (Å²) >= 11 is 0. The molecule has 0 unspecified atom stereocenters. The zero-order chi connectivity index (χ0) is 11.0. The molecule has 1 aromatic rings. The Morgan fingerprint density at radius 3 is 2.75 bits per heavy atom. The number of hydrogen-bond acceptors (Lipinski definition) is 2. The van der Waals surface area contributed by atoms with Crippen LogP contribution in [-0.2, 0) is 6.42 Å². The summed E-state index contributed by atoms with van der Waals surface area (Å²) < 4.78 is 0. The second kappa shape index (κ2) is 3.94. The van der Waals surface area contributed by atoms with Crippen molar-refractivity contribution >= 4 is 5.91 Å². The molecule has 0 spiro atoms. The van der Waals surface area contributed by atoms with Crippen LogP contribution in [0.25, 0.3) is 0 Å². The van der Waals surface area contributed by atoms with Gasteiger partial charge < -0.3 is 4.98 Å². The fraction of sp³-hybridized carbons (Fsp3) is 0.583. The molecular formula is C12H17N3O. The molecular weight excluding hydrogens is 202 g/mol. The predicted octanol–water partition coefficient (Wildman–Crippen LogP) is 1.41. The molecule has 3 rings (SSSR count). The Morgan fingerprint density at radius 2 is 1.94 bits per heavy atom. The molecule has 3 heterocycles. The van der Waals surface area contributed by atoms with E-state index < -0.39 is 0 Å². The van der Waals surface area contributed by atoms with E-state index in [1.54, 1.807) is 0 Å². The highest BCUT2D eigenvalue weighted by Gasteiger charge is 2.29. The number of carbonyl (C=O) groups is 1. The van der Waals surface area contributed by atoms with Crippen LogP contribution in [0.15, 0.2) is 12.3 Å². The van der Waals surface area contributed by atoms with Gasteiger partial charge in [-0.1, -0.05) is 6.42 Å². The van der Waals surface area contributed by atoms with Gasteiger partial charge in [-0.2, -0.15) is 0 Å². The third-order valence-electron chi connectivity index (χ3n) is 3.55. The van der Waals surface area contributed by atoms with Gasteiger partial charge in [0.25, 0.3) is 5.91 Å². The average molecular weight is 219 g/mol. The number of hydrazine groups is 1. The highest BCUT2D eigenvalue weighted by atomic mass is 16.2. The van der Waals surface area contributed by atoms with Crippen LogP contribution >= 0.6 is 0 Å². The number of aromatic nitrogens is 1. The summed E-state index contributed by atoms with van der Waals surface area (Å²) in [6.45, 7) is 2.89. The van der Waals surface area contributed by atoms with E-state index in [1.807, 2.05) is 17.3 Å². The largest absolute Gasteiger partial charge is 0.364 e. The number of fused-ring (bicyclic) bond motifs is 1.